The number of anilines is 2. The molecular formula is C17H24N4O5S. The van der Waals surface area contributed by atoms with Crippen LogP contribution in [0.15, 0.2) is 21.4 Å². The number of hydrogen-bond acceptors (Lipinski definition) is 5. The third-order valence-electron chi connectivity index (χ3n) is 4.05. The summed E-state index contributed by atoms with van der Waals surface area (Å²) in [6.45, 7) is 3.98. The summed E-state index contributed by atoms with van der Waals surface area (Å²) in [5.41, 5.74) is 0.210. The molecule has 0 fully saturated rings. The SMILES string of the molecule is CCCCN1C(=O)[C@H](C)Nc2c1cc(C(=O)O)cc2S(=O)(=O)N=CN(C)C. The minimum Gasteiger partial charge on any atom is -0.478 e. The van der Waals surface area contributed by atoms with Gasteiger partial charge in [0.2, 0.25) is 5.91 Å². The van der Waals surface area contributed by atoms with Crippen LogP contribution in [0.4, 0.5) is 11.4 Å². The number of fused-ring (bicyclic) bond motifs is 1. The summed E-state index contributed by atoms with van der Waals surface area (Å²) in [6, 6.07) is 1.74. The summed E-state index contributed by atoms with van der Waals surface area (Å²) in [6.07, 6.45) is 2.66. The van der Waals surface area contributed by atoms with Crippen LogP contribution in [0.3, 0.4) is 0 Å². The molecule has 148 valence electrons. The van der Waals surface area contributed by atoms with Gasteiger partial charge in [0.05, 0.1) is 16.9 Å². The average Bonchev–Trinajstić information content (AvgIpc) is 2.59. The Morgan fingerprint density at radius 1 is 1.41 bits per heavy atom. The lowest BCUT2D eigenvalue weighted by Gasteiger charge is -2.35. The van der Waals surface area contributed by atoms with Gasteiger partial charge in [-0.3, -0.25) is 4.79 Å². The Kier molecular flexibility index (Phi) is 6.09. The number of rotatable bonds is 7. The first-order valence-electron chi connectivity index (χ1n) is 8.54. The maximum absolute atomic E-state index is 12.7. The van der Waals surface area contributed by atoms with Crippen molar-refractivity contribution in [2.45, 2.75) is 37.6 Å². The maximum Gasteiger partial charge on any atom is 0.335 e. The van der Waals surface area contributed by atoms with E-state index in [0.717, 1.165) is 18.8 Å². The predicted molar refractivity (Wildman–Crippen MR) is 103 cm³/mol. The van der Waals surface area contributed by atoms with Gasteiger partial charge in [-0.05, 0) is 25.5 Å². The van der Waals surface area contributed by atoms with E-state index in [1.54, 1.807) is 21.0 Å². The molecule has 0 aliphatic carbocycles. The van der Waals surface area contributed by atoms with E-state index in [2.05, 4.69) is 9.71 Å². The number of nitrogens with zero attached hydrogens (tertiary/aromatic N) is 3. The lowest BCUT2D eigenvalue weighted by molar-refractivity contribution is -0.119. The fourth-order valence-electron chi connectivity index (χ4n) is 2.68. The molecule has 0 unspecified atom stereocenters. The summed E-state index contributed by atoms with van der Waals surface area (Å²) >= 11 is 0. The first-order valence-corrected chi connectivity index (χ1v) is 9.98. The number of carboxylic acids is 1. The van der Waals surface area contributed by atoms with Gasteiger partial charge in [0, 0.05) is 20.6 Å². The molecule has 1 aliphatic heterocycles. The summed E-state index contributed by atoms with van der Waals surface area (Å²) in [5.74, 6) is -1.52. The molecule has 0 bridgehead atoms. The summed E-state index contributed by atoms with van der Waals surface area (Å²) in [7, 11) is -0.936. The topological polar surface area (TPSA) is 119 Å². The zero-order valence-electron chi connectivity index (χ0n) is 15.8. The van der Waals surface area contributed by atoms with Crippen LogP contribution in [0.1, 0.15) is 37.0 Å². The second kappa shape index (κ2) is 7.95. The molecule has 1 aliphatic rings. The fourth-order valence-corrected chi connectivity index (χ4v) is 3.80. The van der Waals surface area contributed by atoms with Crippen LogP contribution in [0.5, 0.6) is 0 Å². The fraction of sp³-hybridized carbons (Fsp3) is 0.471. The number of carbonyl (C=O) groups excluding carboxylic acids is 1. The van der Waals surface area contributed by atoms with Gasteiger partial charge in [-0.25, -0.2) is 4.79 Å². The number of hydrogen-bond donors (Lipinski definition) is 2. The van der Waals surface area contributed by atoms with E-state index >= 15 is 0 Å². The average molecular weight is 396 g/mol. The Labute approximate surface area is 158 Å². The highest BCUT2D eigenvalue weighted by Gasteiger charge is 2.34. The Balaban J connectivity index is 2.72. The molecule has 0 spiro atoms. The van der Waals surface area contributed by atoms with Crippen molar-refractivity contribution in [3.8, 4) is 0 Å². The smallest absolute Gasteiger partial charge is 0.335 e. The molecule has 0 radical (unpaired) electrons. The van der Waals surface area contributed by atoms with Crippen molar-refractivity contribution in [1.29, 1.82) is 0 Å². The second-order valence-corrected chi connectivity index (χ2v) is 8.14. The van der Waals surface area contributed by atoms with Crippen molar-refractivity contribution >= 4 is 39.6 Å². The van der Waals surface area contributed by atoms with Crippen LogP contribution in [0.25, 0.3) is 0 Å². The van der Waals surface area contributed by atoms with E-state index in [1.165, 1.54) is 15.9 Å². The molecule has 2 N–H and O–H groups in total. The van der Waals surface area contributed by atoms with Gasteiger partial charge < -0.3 is 20.2 Å². The maximum atomic E-state index is 12.7. The van der Waals surface area contributed by atoms with Gasteiger partial charge >= 0.3 is 5.97 Å². The minimum atomic E-state index is -4.17. The number of nitrogens with one attached hydrogen (secondary N) is 1. The highest BCUT2D eigenvalue weighted by Crippen LogP contribution is 2.39. The van der Waals surface area contributed by atoms with Crippen molar-refractivity contribution in [2.24, 2.45) is 4.40 Å². The minimum absolute atomic E-state index is 0.194. The van der Waals surface area contributed by atoms with Gasteiger partial charge in [-0.15, -0.1) is 4.40 Å². The van der Waals surface area contributed by atoms with Crippen LogP contribution in [0.2, 0.25) is 0 Å². The zero-order valence-corrected chi connectivity index (χ0v) is 16.6. The van der Waals surface area contributed by atoms with Crippen molar-refractivity contribution in [1.82, 2.24) is 4.90 Å². The Morgan fingerprint density at radius 3 is 2.63 bits per heavy atom. The molecule has 2 rings (SSSR count). The van der Waals surface area contributed by atoms with E-state index in [1.807, 2.05) is 6.92 Å². The van der Waals surface area contributed by atoms with Crippen molar-refractivity contribution in [3.05, 3.63) is 17.7 Å². The molecule has 0 aromatic heterocycles. The lowest BCUT2D eigenvalue weighted by atomic mass is 10.1. The molecule has 1 amide bonds. The normalized spacial score (nSPS) is 17.0. The predicted octanol–water partition coefficient (Wildman–Crippen LogP) is 1.61. The first kappa shape index (κ1) is 20.7. The van der Waals surface area contributed by atoms with Crippen LogP contribution in [0, 0.1) is 0 Å². The number of aromatic carboxylic acids is 1. The van der Waals surface area contributed by atoms with Crippen LogP contribution in [-0.4, -0.2) is 63.3 Å². The number of amides is 1. The van der Waals surface area contributed by atoms with Crippen LogP contribution < -0.4 is 10.2 Å². The van der Waals surface area contributed by atoms with Crippen molar-refractivity contribution in [3.63, 3.8) is 0 Å². The van der Waals surface area contributed by atoms with E-state index < -0.39 is 22.0 Å². The summed E-state index contributed by atoms with van der Waals surface area (Å²) in [4.78, 5) is 26.7. The number of benzene rings is 1. The Bertz CT molecular complexity index is 880. The molecule has 9 nitrogen and oxygen atoms in total. The molecule has 1 aromatic rings. The zero-order chi connectivity index (χ0) is 20.4. The van der Waals surface area contributed by atoms with Gasteiger partial charge in [0.25, 0.3) is 10.0 Å². The highest BCUT2D eigenvalue weighted by molar-refractivity contribution is 7.90. The van der Waals surface area contributed by atoms with E-state index in [4.69, 9.17) is 0 Å². The van der Waals surface area contributed by atoms with E-state index in [0.29, 0.717) is 13.0 Å². The van der Waals surface area contributed by atoms with Crippen LogP contribution in [-0.2, 0) is 14.8 Å². The molecule has 27 heavy (non-hydrogen) atoms. The van der Waals surface area contributed by atoms with E-state index in [-0.39, 0.29) is 27.7 Å². The van der Waals surface area contributed by atoms with Gasteiger partial charge in [0.1, 0.15) is 17.3 Å². The third kappa shape index (κ3) is 4.38. The summed E-state index contributed by atoms with van der Waals surface area (Å²) < 4.78 is 29.1. The molecule has 0 saturated heterocycles. The molecule has 1 aromatic carbocycles. The molecule has 10 heteroatoms. The Hall–Kier alpha value is -2.62. The van der Waals surface area contributed by atoms with Gasteiger partial charge in [-0.1, -0.05) is 13.3 Å². The molecule has 0 saturated carbocycles. The monoisotopic (exact) mass is 396 g/mol. The Morgan fingerprint density at radius 2 is 2.07 bits per heavy atom. The lowest BCUT2D eigenvalue weighted by Crippen LogP contribution is -2.46. The molecule has 1 heterocycles. The van der Waals surface area contributed by atoms with Crippen LogP contribution >= 0.6 is 0 Å². The number of sulfonamides is 1. The summed E-state index contributed by atoms with van der Waals surface area (Å²) in [5, 5.41) is 12.3. The largest absolute Gasteiger partial charge is 0.478 e. The van der Waals surface area contributed by atoms with Crippen molar-refractivity contribution in [2.75, 3.05) is 30.9 Å². The number of unbranched alkanes of at least 4 members (excludes halogenated alkanes) is 1. The molecular weight excluding hydrogens is 372 g/mol. The first-order chi connectivity index (χ1) is 12.6. The molecule has 1 atom stereocenters. The van der Waals surface area contributed by atoms with Gasteiger partial charge in [0.15, 0.2) is 0 Å². The highest BCUT2D eigenvalue weighted by atomic mass is 32.2. The van der Waals surface area contributed by atoms with Crippen molar-refractivity contribution < 1.29 is 23.1 Å². The van der Waals surface area contributed by atoms with Gasteiger partial charge in [-0.2, -0.15) is 8.42 Å². The standard InChI is InChI=1S/C17H24N4O5S/c1-5-6-7-21-13-8-12(17(23)24)9-14(15(13)19-11(2)16(21)22)27(25,26)18-10-20(3)4/h8-11,19H,5-7H2,1-4H3,(H,23,24)/t11-/m0/s1. The number of carboxylic acid groups (broad SMARTS) is 1. The number of carbonyl (C=O) groups is 2. The van der Waals surface area contributed by atoms with E-state index in [9.17, 15) is 23.1 Å². The third-order valence-corrected chi connectivity index (χ3v) is 5.30. The second-order valence-electron chi connectivity index (χ2n) is 6.54. The quantitative estimate of drug-likeness (QED) is 0.531.